The minimum absolute atomic E-state index is 0.0812. The lowest BCUT2D eigenvalue weighted by atomic mass is 10.0. The molecule has 202 valence electrons. The van der Waals surface area contributed by atoms with E-state index in [1.807, 2.05) is 48.5 Å². The number of amides is 1. The van der Waals surface area contributed by atoms with E-state index < -0.39 is 28.5 Å². The number of nitrogens with zero attached hydrogens (tertiary/aromatic N) is 1. The van der Waals surface area contributed by atoms with Crippen molar-refractivity contribution in [2.45, 2.75) is 17.7 Å². The highest BCUT2D eigenvalue weighted by atomic mass is 32.2. The summed E-state index contributed by atoms with van der Waals surface area (Å²) in [5, 5.41) is 8.32. The number of hydrogen-bond acceptors (Lipinski definition) is 8. The molecule has 3 aromatic carbocycles. The molecular formula is C29H23N3O7S. The highest BCUT2D eigenvalue weighted by Crippen LogP contribution is 2.39. The zero-order chi connectivity index (χ0) is 27.9. The molecule has 1 aliphatic heterocycles. The highest BCUT2D eigenvalue weighted by molar-refractivity contribution is 7.89. The van der Waals surface area contributed by atoms with E-state index >= 15 is 0 Å². The normalized spacial score (nSPS) is 14.8. The molecule has 0 radical (unpaired) electrons. The Bertz CT molecular complexity index is 1820. The van der Waals surface area contributed by atoms with E-state index in [0.29, 0.717) is 46.5 Å². The van der Waals surface area contributed by atoms with Gasteiger partial charge >= 0.3 is 5.97 Å². The molecule has 0 atom stereocenters. The van der Waals surface area contributed by atoms with E-state index in [9.17, 15) is 18.0 Å². The highest BCUT2D eigenvalue weighted by Gasteiger charge is 2.28. The molecule has 11 heteroatoms. The SMILES string of the molecule is NS(=O)(=O)c1ccc(NC(=O)COC(=O)c2c3c(nc4ccccc24)/C(=C\c2ccc4c(c2)OCO4)CC3)cc1. The molecule has 1 amide bonds. The molecule has 1 aromatic heterocycles. The zero-order valence-electron chi connectivity index (χ0n) is 21.0. The largest absolute Gasteiger partial charge is 0.454 e. The number of para-hydroxylation sites is 1. The predicted molar refractivity (Wildman–Crippen MR) is 147 cm³/mol. The minimum atomic E-state index is -3.85. The van der Waals surface area contributed by atoms with E-state index in [0.717, 1.165) is 22.4 Å². The van der Waals surface area contributed by atoms with E-state index in [-0.39, 0.29) is 11.7 Å². The van der Waals surface area contributed by atoms with Crippen molar-refractivity contribution in [1.29, 1.82) is 0 Å². The van der Waals surface area contributed by atoms with Crippen molar-refractivity contribution in [3.8, 4) is 11.5 Å². The quantitative estimate of drug-likeness (QED) is 0.340. The third kappa shape index (κ3) is 4.99. The van der Waals surface area contributed by atoms with Gasteiger partial charge in [-0.25, -0.2) is 23.3 Å². The Morgan fingerprint density at radius 2 is 1.77 bits per heavy atom. The Morgan fingerprint density at radius 3 is 2.58 bits per heavy atom. The van der Waals surface area contributed by atoms with Crippen LogP contribution in [-0.4, -0.2) is 38.7 Å². The summed E-state index contributed by atoms with van der Waals surface area (Å²) in [4.78, 5) is 30.6. The molecule has 0 fully saturated rings. The maximum absolute atomic E-state index is 13.4. The van der Waals surface area contributed by atoms with Crippen LogP contribution >= 0.6 is 0 Å². The summed E-state index contributed by atoms with van der Waals surface area (Å²) in [5.74, 6) is 0.184. The fourth-order valence-corrected chi connectivity index (χ4v) is 5.36. The molecule has 1 aliphatic carbocycles. The van der Waals surface area contributed by atoms with Gasteiger partial charge in [0.25, 0.3) is 5.91 Å². The molecule has 10 nitrogen and oxygen atoms in total. The Morgan fingerprint density at radius 1 is 1.00 bits per heavy atom. The van der Waals surface area contributed by atoms with Crippen LogP contribution in [-0.2, 0) is 26.0 Å². The number of allylic oxidation sites excluding steroid dienone is 1. The van der Waals surface area contributed by atoms with Crippen LogP contribution in [0.3, 0.4) is 0 Å². The summed E-state index contributed by atoms with van der Waals surface area (Å²) in [5.41, 5.74) is 4.78. The first-order chi connectivity index (χ1) is 19.3. The monoisotopic (exact) mass is 557 g/mol. The zero-order valence-corrected chi connectivity index (χ0v) is 21.9. The second-order valence-electron chi connectivity index (χ2n) is 9.31. The number of esters is 1. The van der Waals surface area contributed by atoms with Crippen LogP contribution in [0.1, 0.15) is 33.6 Å². The number of primary sulfonamides is 1. The maximum Gasteiger partial charge on any atom is 0.339 e. The van der Waals surface area contributed by atoms with Crippen molar-refractivity contribution < 1.29 is 32.2 Å². The minimum Gasteiger partial charge on any atom is -0.454 e. The lowest BCUT2D eigenvalue weighted by molar-refractivity contribution is -0.119. The van der Waals surface area contributed by atoms with Crippen molar-refractivity contribution >= 4 is 50.1 Å². The van der Waals surface area contributed by atoms with Crippen molar-refractivity contribution in [3.05, 3.63) is 89.1 Å². The number of hydrogen-bond donors (Lipinski definition) is 2. The van der Waals surface area contributed by atoms with Gasteiger partial charge in [-0.3, -0.25) is 4.79 Å². The number of ether oxygens (including phenoxy) is 3. The topological polar surface area (TPSA) is 147 Å². The number of nitrogens with one attached hydrogen (secondary N) is 1. The van der Waals surface area contributed by atoms with Crippen LogP contribution in [0.15, 0.2) is 71.6 Å². The molecule has 2 aliphatic rings. The molecule has 0 bridgehead atoms. The van der Waals surface area contributed by atoms with Crippen molar-refractivity contribution in [1.82, 2.24) is 4.98 Å². The second kappa shape index (κ2) is 10.1. The fraction of sp³-hybridized carbons (Fsp3) is 0.138. The van der Waals surface area contributed by atoms with Gasteiger partial charge in [0.15, 0.2) is 18.1 Å². The number of sulfonamides is 1. The first-order valence-corrected chi connectivity index (χ1v) is 13.9. The van der Waals surface area contributed by atoms with Crippen LogP contribution in [0.5, 0.6) is 11.5 Å². The van der Waals surface area contributed by atoms with Crippen molar-refractivity contribution in [2.75, 3.05) is 18.7 Å². The number of nitrogens with two attached hydrogens (primary N) is 1. The number of rotatable bonds is 6. The number of carbonyl (C=O) groups is 2. The van der Waals surface area contributed by atoms with Crippen LogP contribution in [0, 0.1) is 0 Å². The van der Waals surface area contributed by atoms with Crippen LogP contribution in [0.4, 0.5) is 5.69 Å². The summed E-state index contributed by atoms with van der Waals surface area (Å²) in [6.45, 7) is -0.332. The van der Waals surface area contributed by atoms with Gasteiger partial charge in [0, 0.05) is 11.1 Å². The van der Waals surface area contributed by atoms with Gasteiger partial charge in [-0.15, -0.1) is 0 Å². The van der Waals surface area contributed by atoms with Gasteiger partial charge in [-0.2, -0.15) is 0 Å². The molecular weight excluding hydrogens is 534 g/mol. The van der Waals surface area contributed by atoms with Gasteiger partial charge in [0.1, 0.15) is 0 Å². The Kier molecular flexibility index (Phi) is 6.45. The molecule has 0 saturated heterocycles. The first kappa shape index (κ1) is 25.5. The molecule has 2 heterocycles. The summed E-state index contributed by atoms with van der Waals surface area (Å²) in [6, 6.07) is 18.4. The smallest absolute Gasteiger partial charge is 0.339 e. The van der Waals surface area contributed by atoms with E-state index in [4.69, 9.17) is 24.3 Å². The molecule has 0 unspecified atom stereocenters. The van der Waals surface area contributed by atoms with E-state index in [2.05, 4.69) is 5.32 Å². The number of benzene rings is 3. The first-order valence-electron chi connectivity index (χ1n) is 12.4. The summed E-state index contributed by atoms with van der Waals surface area (Å²) in [6.07, 6.45) is 3.30. The van der Waals surface area contributed by atoms with Gasteiger partial charge < -0.3 is 19.5 Å². The number of fused-ring (bicyclic) bond motifs is 3. The standard InChI is InChI=1S/C29H23N3O7S/c30-40(35,36)20-9-7-19(8-10-20)31-26(33)15-37-29(34)27-21-3-1-2-4-23(21)32-28-18(6-11-22(27)28)13-17-5-12-24-25(14-17)39-16-38-24/h1-5,7-10,12-14H,6,11,15-16H2,(H,31,33)(H2,30,35,36)/b18-13-. The van der Waals surface area contributed by atoms with Gasteiger partial charge in [0.2, 0.25) is 16.8 Å². The average molecular weight is 558 g/mol. The summed E-state index contributed by atoms with van der Waals surface area (Å²) in [7, 11) is -3.85. The van der Waals surface area contributed by atoms with Gasteiger partial charge in [0.05, 0.1) is 21.7 Å². The van der Waals surface area contributed by atoms with Gasteiger partial charge in [-0.05, 0) is 78.1 Å². The predicted octanol–water partition coefficient (Wildman–Crippen LogP) is 3.89. The summed E-state index contributed by atoms with van der Waals surface area (Å²) >= 11 is 0. The number of aromatic nitrogens is 1. The third-order valence-electron chi connectivity index (χ3n) is 6.68. The Balaban J connectivity index is 1.24. The average Bonchev–Trinajstić information content (AvgIpc) is 3.57. The lowest BCUT2D eigenvalue weighted by Gasteiger charge is -2.12. The number of anilines is 1. The summed E-state index contributed by atoms with van der Waals surface area (Å²) < 4.78 is 39.2. The van der Waals surface area contributed by atoms with Crippen molar-refractivity contribution in [2.24, 2.45) is 5.14 Å². The molecule has 4 aromatic rings. The number of carbonyl (C=O) groups excluding carboxylic acids is 2. The van der Waals surface area contributed by atoms with Crippen LogP contribution in [0.25, 0.3) is 22.6 Å². The third-order valence-corrected chi connectivity index (χ3v) is 7.61. The van der Waals surface area contributed by atoms with E-state index in [1.165, 1.54) is 24.3 Å². The molecule has 0 spiro atoms. The fourth-order valence-electron chi connectivity index (χ4n) is 4.84. The second-order valence-corrected chi connectivity index (χ2v) is 10.9. The molecule has 6 rings (SSSR count). The molecule has 3 N–H and O–H groups in total. The number of pyridine rings is 1. The Labute approximate surface area is 229 Å². The van der Waals surface area contributed by atoms with Crippen molar-refractivity contribution in [3.63, 3.8) is 0 Å². The van der Waals surface area contributed by atoms with Crippen LogP contribution in [0.2, 0.25) is 0 Å². The maximum atomic E-state index is 13.4. The Hall–Kier alpha value is -4.74. The lowest BCUT2D eigenvalue weighted by Crippen LogP contribution is -2.22. The van der Waals surface area contributed by atoms with Gasteiger partial charge in [-0.1, -0.05) is 24.3 Å². The van der Waals surface area contributed by atoms with Crippen LogP contribution < -0.4 is 19.9 Å². The molecule has 0 saturated carbocycles. The van der Waals surface area contributed by atoms with E-state index in [1.54, 1.807) is 0 Å². The molecule has 40 heavy (non-hydrogen) atoms.